The Kier molecular flexibility index (Phi) is 1.19. The number of aromatic nitrogens is 2. The molecule has 3 aromatic rings. The van der Waals surface area contributed by atoms with Crippen LogP contribution in [0.1, 0.15) is 0 Å². The highest BCUT2D eigenvalue weighted by atomic mass is 14.7. The molecule has 13 heavy (non-hydrogen) atoms. The lowest BCUT2D eigenvalue weighted by molar-refractivity contribution is 1.36. The number of pyridine rings is 1. The number of H-pyrrole nitrogens is 1. The molecule has 61 valence electrons. The molecule has 0 amide bonds. The van der Waals surface area contributed by atoms with Gasteiger partial charge >= 0.3 is 0 Å². The van der Waals surface area contributed by atoms with Gasteiger partial charge in [0.15, 0.2) is 0 Å². The molecule has 2 aromatic heterocycles. The van der Waals surface area contributed by atoms with Crippen molar-refractivity contribution in [1.29, 1.82) is 0 Å². The van der Waals surface area contributed by atoms with Gasteiger partial charge in [-0.05, 0) is 12.1 Å². The van der Waals surface area contributed by atoms with Crippen LogP contribution in [-0.4, -0.2) is 9.97 Å². The van der Waals surface area contributed by atoms with Crippen molar-refractivity contribution in [3.05, 3.63) is 42.9 Å². The molecule has 1 radical (unpaired) electrons. The molecular weight excluding hydrogens is 160 g/mol. The summed E-state index contributed by atoms with van der Waals surface area (Å²) in [5.41, 5.74) is 1.14. The summed E-state index contributed by atoms with van der Waals surface area (Å²) in [5, 5.41) is 3.55. The predicted octanol–water partition coefficient (Wildman–Crippen LogP) is 2.52. The van der Waals surface area contributed by atoms with Gasteiger partial charge in [-0.15, -0.1) is 0 Å². The van der Waals surface area contributed by atoms with Crippen LogP contribution in [-0.2, 0) is 0 Å². The molecule has 0 aliphatic heterocycles. The van der Waals surface area contributed by atoms with Gasteiger partial charge in [0.25, 0.3) is 0 Å². The third kappa shape index (κ3) is 0.855. The second kappa shape index (κ2) is 2.33. The number of fused-ring (bicyclic) bond motifs is 3. The van der Waals surface area contributed by atoms with E-state index in [1.165, 1.54) is 10.8 Å². The number of hydrogen-bond donors (Lipinski definition) is 1. The molecule has 0 fully saturated rings. The zero-order valence-electron chi connectivity index (χ0n) is 6.91. The normalized spacial score (nSPS) is 11.1. The number of benzene rings is 1. The largest absolute Gasteiger partial charge is 0.353 e. The maximum atomic E-state index is 4.08. The summed E-state index contributed by atoms with van der Waals surface area (Å²) in [7, 11) is 0. The van der Waals surface area contributed by atoms with Crippen LogP contribution in [0.4, 0.5) is 0 Å². The molecule has 0 aliphatic rings. The first-order valence-electron chi connectivity index (χ1n) is 4.17. The fourth-order valence-electron chi connectivity index (χ4n) is 1.63. The predicted molar refractivity (Wildman–Crippen MR) is 52.4 cm³/mol. The fraction of sp³-hybridized carbons (Fsp3) is 0. The van der Waals surface area contributed by atoms with Crippen molar-refractivity contribution in [2.75, 3.05) is 0 Å². The maximum absolute atomic E-state index is 4.08. The van der Waals surface area contributed by atoms with Gasteiger partial charge in [0.2, 0.25) is 0 Å². The van der Waals surface area contributed by atoms with E-state index in [9.17, 15) is 0 Å². The third-order valence-electron chi connectivity index (χ3n) is 2.28. The van der Waals surface area contributed by atoms with E-state index >= 15 is 0 Å². The molecule has 0 atom stereocenters. The molecule has 2 heteroatoms. The molecule has 1 aromatic carbocycles. The van der Waals surface area contributed by atoms with E-state index in [0.717, 1.165) is 10.9 Å². The average Bonchev–Trinajstić information content (AvgIpc) is 2.65. The Labute approximate surface area is 75.2 Å². The van der Waals surface area contributed by atoms with E-state index < -0.39 is 0 Å². The van der Waals surface area contributed by atoms with Crippen LogP contribution >= 0.6 is 0 Å². The number of rotatable bonds is 0. The molecule has 0 unspecified atom stereocenters. The molecule has 2 heterocycles. The fourth-order valence-corrected chi connectivity index (χ4v) is 1.63. The zero-order valence-corrected chi connectivity index (χ0v) is 6.91. The van der Waals surface area contributed by atoms with Crippen LogP contribution in [0.5, 0.6) is 0 Å². The molecule has 0 spiro atoms. The number of nitrogens with one attached hydrogen (secondary N) is 1. The van der Waals surface area contributed by atoms with Crippen molar-refractivity contribution < 1.29 is 0 Å². The molecule has 0 aliphatic carbocycles. The van der Waals surface area contributed by atoms with Gasteiger partial charge in [-0.3, -0.25) is 4.98 Å². The van der Waals surface area contributed by atoms with Gasteiger partial charge in [0.1, 0.15) is 0 Å². The summed E-state index contributed by atoms with van der Waals surface area (Å²) in [4.78, 5) is 7.19. The summed E-state index contributed by atoms with van der Waals surface area (Å²) in [6.07, 6.45) is 6.66. The first-order chi connectivity index (χ1) is 6.45. The Morgan fingerprint density at radius 3 is 3.08 bits per heavy atom. The highest BCUT2D eigenvalue weighted by Gasteiger charge is 1.99. The van der Waals surface area contributed by atoms with Crippen LogP contribution in [0.15, 0.2) is 36.7 Å². The lowest BCUT2D eigenvalue weighted by Gasteiger charge is -1.97. The quantitative estimate of drug-likeness (QED) is 0.547. The summed E-state index contributed by atoms with van der Waals surface area (Å²) in [6.45, 7) is 0. The van der Waals surface area contributed by atoms with Crippen molar-refractivity contribution >= 4 is 21.7 Å². The molecule has 0 bridgehead atoms. The van der Waals surface area contributed by atoms with E-state index in [-0.39, 0.29) is 0 Å². The highest BCUT2D eigenvalue weighted by molar-refractivity contribution is 6.04. The van der Waals surface area contributed by atoms with Crippen molar-refractivity contribution in [2.24, 2.45) is 0 Å². The minimum absolute atomic E-state index is 1.14. The van der Waals surface area contributed by atoms with Gasteiger partial charge in [-0.2, -0.15) is 0 Å². The topological polar surface area (TPSA) is 28.7 Å². The summed E-state index contributed by atoms with van der Waals surface area (Å²) in [6, 6.07) is 8.12. The van der Waals surface area contributed by atoms with Gasteiger partial charge in [-0.1, -0.05) is 12.1 Å². The SMILES string of the molecule is [c]1cc2ccc3cnccc3c2[nH]1. The average molecular weight is 167 g/mol. The van der Waals surface area contributed by atoms with Crippen molar-refractivity contribution in [2.45, 2.75) is 0 Å². The summed E-state index contributed by atoms with van der Waals surface area (Å²) in [5.74, 6) is 0. The Hall–Kier alpha value is -1.83. The maximum Gasteiger partial charge on any atom is 0.0630 e. The van der Waals surface area contributed by atoms with Crippen molar-refractivity contribution in [3.8, 4) is 0 Å². The van der Waals surface area contributed by atoms with Crippen LogP contribution in [0, 0.1) is 6.20 Å². The zero-order chi connectivity index (χ0) is 8.67. The molecule has 0 saturated heterocycles. The van der Waals surface area contributed by atoms with Gasteiger partial charge in [-0.25, -0.2) is 0 Å². The number of hydrogen-bond acceptors (Lipinski definition) is 1. The van der Waals surface area contributed by atoms with E-state index in [1.807, 2.05) is 24.5 Å². The monoisotopic (exact) mass is 167 g/mol. The molecule has 0 saturated carbocycles. The Morgan fingerprint density at radius 2 is 2.08 bits per heavy atom. The molecule has 1 N–H and O–H groups in total. The standard InChI is InChI=1S/C11H7N2/c1-2-9-7-12-5-4-10(9)11-8(1)3-6-13-11/h1-5,7,13H. The van der Waals surface area contributed by atoms with Gasteiger partial charge in [0.05, 0.1) is 11.7 Å². The molecular formula is C11H7N2. The van der Waals surface area contributed by atoms with E-state index in [4.69, 9.17) is 0 Å². The van der Waals surface area contributed by atoms with E-state index in [2.05, 4.69) is 28.3 Å². The third-order valence-corrected chi connectivity index (χ3v) is 2.28. The lowest BCUT2D eigenvalue weighted by Crippen LogP contribution is -1.76. The van der Waals surface area contributed by atoms with Crippen LogP contribution in [0.3, 0.4) is 0 Å². The molecule has 3 rings (SSSR count). The van der Waals surface area contributed by atoms with Crippen molar-refractivity contribution in [1.82, 2.24) is 9.97 Å². The van der Waals surface area contributed by atoms with E-state index in [1.54, 1.807) is 0 Å². The first-order valence-corrected chi connectivity index (χ1v) is 4.17. The Bertz CT molecular complexity index is 566. The smallest absolute Gasteiger partial charge is 0.0630 e. The highest BCUT2D eigenvalue weighted by Crippen LogP contribution is 2.22. The Morgan fingerprint density at radius 1 is 1.15 bits per heavy atom. The minimum Gasteiger partial charge on any atom is -0.353 e. The first kappa shape index (κ1) is 6.66. The lowest BCUT2D eigenvalue weighted by atomic mass is 10.1. The van der Waals surface area contributed by atoms with Crippen LogP contribution < -0.4 is 0 Å². The second-order valence-corrected chi connectivity index (χ2v) is 3.04. The van der Waals surface area contributed by atoms with Gasteiger partial charge < -0.3 is 4.98 Å². The van der Waals surface area contributed by atoms with Crippen LogP contribution in [0.25, 0.3) is 21.7 Å². The second-order valence-electron chi connectivity index (χ2n) is 3.04. The Balaban J connectivity index is 2.65. The summed E-state index contributed by atoms with van der Waals surface area (Å²) < 4.78 is 0. The van der Waals surface area contributed by atoms with Gasteiger partial charge in [0, 0.05) is 28.6 Å². The van der Waals surface area contributed by atoms with Crippen LogP contribution in [0.2, 0.25) is 0 Å². The minimum atomic E-state index is 1.14. The summed E-state index contributed by atoms with van der Waals surface area (Å²) >= 11 is 0. The number of nitrogens with zero attached hydrogens (tertiary/aromatic N) is 1. The van der Waals surface area contributed by atoms with E-state index in [0.29, 0.717) is 0 Å². The molecule has 2 nitrogen and oxygen atoms in total. The number of aromatic amines is 1. The van der Waals surface area contributed by atoms with Crippen molar-refractivity contribution in [3.63, 3.8) is 0 Å².